The average molecular weight is 454 g/mol. The summed E-state index contributed by atoms with van der Waals surface area (Å²) in [6.07, 6.45) is 2.19. The van der Waals surface area contributed by atoms with Gasteiger partial charge in [-0.15, -0.1) is 0 Å². The molecule has 32 heavy (non-hydrogen) atoms. The topological polar surface area (TPSA) is 88.4 Å². The number of hydrogen-bond donors (Lipinski definition) is 1. The number of ether oxygens (including phenoxy) is 2. The summed E-state index contributed by atoms with van der Waals surface area (Å²) in [5.41, 5.74) is 2.14. The molecule has 1 atom stereocenters. The number of amides is 1. The Morgan fingerprint density at radius 3 is 2.69 bits per heavy atom. The quantitative estimate of drug-likeness (QED) is 0.456. The van der Waals surface area contributed by atoms with E-state index in [2.05, 4.69) is 4.98 Å². The Labute approximate surface area is 190 Å². The van der Waals surface area contributed by atoms with Gasteiger partial charge in [0, 0.05) is 17.6 Å². The minimum Gasteiger partial charge on any atom is -0.497 e. The summed E-state index contributed by atoms with van der Waals surface area (Å²) in [6, 6.07) is 12.8. The Kier molecular flexibility index (Phi) is 6.18. The van der Waals surface area contributed by atoms with Crippen LogP contribution in [0, 0.1) is 0 Å². The molecule has 0 radical (unpaired) electrons. The monoisotopic (exact) mass is 453 g/mol. The number of para-hydroxylation sites is 1. The third kappa shape index (κ3) is 3.62. The molecule has 0 saturated heterocycles. The van der Waals surface area contributed by atoms with Gasteiger partial charge in [0.2, 0.25) is 11.1 Å². The highest BCUT2D eigenvalue weighted by Crippen LogP contribution is 2.40. The van der Waals surface area contributed by atoms with E-state index >= 15 is 0 Å². The highest BCUT2D eigenvalue weighted by atomic mass is 32.2. The number of benzene rings is 2. The molecule has 1 N–H and O–H groups in total. The van der Waals surface area contributed by atoms with E-state index in [1.807, 2.05) is 49.6 Å². The van der Waals surface area contributed by atoms with Gasteiger partial charge < -0.3 is 9.47 Å². The van der Waals surface area contributed by atoms with Crippen LogP contribution in [0.3, 0.4) is 0 Å². The summed E-state index contributed by atoms with van der Waals surface area (Å²) in [5.74, 6) is 1.10. The van der Waals surface area contributed by atoms with Crippen molar-refractivity contribution in [2.75, 3.05) is 25.4 Å². The van der Waals surface area contributed by atoms with Crippen molar-refractivity contribution in [3.63, 3.8) is 0 Å². The normalized spacial score (nSPS) is 14.5. The van der Waals surface area contributed by atoms with Crippen molar-refractivity contribution in [3.8, 4) is 22.8 Å². The fraction of sp³-hybridized carbons (Fsp3) is 0.304. The zero-order chi connectivity index (χ0) is 22.8. The lowest BCUT2D eigenvalue weighted by Crippen LogP contribution is -2.61. The SMILES string of the molecule is CCCC(=O)N1c2ccccc2-c2c(=O)[nH]c(SC)n[n+]2C1c1ccc(OC)cc1OC. The predicted octanol–water partition coefficient (Wildman–Crippen LogP) is 3.16. The number of carbonyl (C=O) groups is 1. The first-order valence-electron chi connectivity index (χ1n) is 10.3. The van der Waals surface area contributed by atoms with Gasteiger partial charge in [-0.3, -0.25) is 14.6 Å². The molecule has 1 aromatic heterocycles. The van der Waals surface area contributed by atoms with Gasteiger partial charge in [-0.2, -0.15) is 0 Å². The van der Waals surface area contributed by atoms with Gasteiger partial charge in [-0.05, 0) is 41.6 Å². The maximum Gasteiger partial charge on any atom is 0.325 e. The first kappa shape index (κ1) is 21.9. The third-order valence-corrected chi connectivity index (χ3v) is 5.97. The highest BCUT2D eigenvalue weighted by molar-refractivity contribution is 7.98. The standard InChI is InChI=1S/C23H24N4O4S/c1-5-8-19(28)26-17-10-7-6-9-15(17)20-21(29)24-23(32-4)25-27(20)22(26)16-12-11-14(30-2)13-18(16)31-3/h6-7,9-13,22H,5,8H2,1-4H3/p+1. The first-order valence-corrected chi connectivity index (χ1v) is 11.5. The van der Waals surface area contributed by atoms with Crippen LogP contribution < -0.4 is 24.6 Å². The number of aromatic amines is 1. The first-order chi connectivity index (χ1) is 15.5. The lowest BCUT2D eigenvalue weighted by atomic mass is 10.00. The second-order valence-electron chi connectivity index (χ2n) is 7.27. The molecule has 2 heterocycles. The summed E-state index contributed by atoms with van der Waals surface area (Å²) in [4.78, 5) is 31.2. The number of methoxy groups -OCH3 is 2. The summed E-state index contributed by atoms with van der Waals surface area (Å²) in [5, 5.41) is 5.16. The van der Waals surface area contributed by atoms with E-state index in [1.165, 1.54) is 11.8 Å². The van der Waals surface area contributed by atoms with Crippen LogP contribution >= 0.6 is 11.8 Å². The number of anilines is 1. The van der Waals surface area contributed by atoms with Crippen LogP contribution in [-0.4, -0.2) is 36.5 Å². The van der Waals surface area contributed by atoms with Crippen molar-refractivity contribution in [1.29, 1.82) is 0 Å². The molecule has 1 unspecified atom stereocenters. The number of aromatic nitrogens is 3. The maximum atomic E-state index is 13.4. The Morgan fingerprint density at radius 2 is 2.00 bits per heavy atom. The van der Waals surface area contributed by atoms with Gasteiger partial charge in [0.1, 0.15) is 11.5 Å². The van der Waals surface area contributed by atoms with Gasteiger partial charge in [-0.25, -0.2) is 4.90 Å². The molecule has 1 amide bonds. The summed E-state index contributed by atoms with van der Waals surface area (Å²) in [6.45, 7) is 1.96. The van der Waals surface area contributed by atoms with Crippen LogP contribution in [0.1, 0.15) is 31.5 Å². The molecule has 1 aliphatic rings. The average Bonchev–Trinajstić information content (AvgIpc) is 2.82. The van der Waals surface area contributed by atoms with Crippen molar-refractivity contribution in [3.05, 3.63) is 58.4 Å². The molecule has 0 saturated carbocycles. The fourth-order valence-corrected chi connectivity index (χ4v) is 4.34. The Bertz CT molecular complexity index is 1230. The van der Waals surface area contributed by atoms with Crippen molar-refractivity contribution in [2.24, 2.45) is 0 Å². The molecule has 0 spiro atoms. The number of hydrogen-bond acceptors (Lipinski definition) is 6. The van der Waals surface area contributed by atoms with Crippen LogP contribution in [0.25, 0.3) is 11.3 Å². The number of carbonyl (C=O) groups excluding carboxylic acids is 1. The molecule has 1 aliphatic heterocycles. The summed E-state index contributed by atoms with van der Waals surface area (Å²) >= 11 is 1.33. The van der Waals surface area contributed by atoms with Crippen molar-refractivity contribution in [2.45, 2.75) is 31.1 Å². The van der Waals surface area contributed by atoms with E-state index < -0.39 is 6.17 Å². The van der Waals surface area contributed by atoms with Crippen molar-refractivity contribution >= 4 is 23.4 Å². The van der Waals surface area contributed by atoms with Crippen LogP contribution in [0.15, 0.2) is 52.4 Å². The molecule has 0 bridgehead atoms. The third-order valence-electron chi connectivity index (χ3n) is 5.40. The second-order valence-corrected chi connectivity index (χ2v) is 8.06. The largest absolute Gasteiger partial charge is 0.497 e. The van der Waals surface area contributed by atoms with E-state index in [0.717, 1.165) is 0 Å². The summed E-state index contributed by atoms with van der Waals surface area (Å²) in [7, 11) is 3.15. The molecule has 166 valence electrons. The number of fused-ring (bicyclic) bond motifs is 3. The number of H-pyrrole nitrogens is 1. The van der Waals surface area contributed by atoms with Crippen LogP contribution in [0.5, 0.6) is 11.5 Å². The van der Waals surface area contributed by atoms with E-state index in [-0.39, 0.29) is 11.5 Å². The van der Waals surface area contributed by atoms with Gasteiger partial charge in [0.25, 0.3) is 6.17 Å². The molecular weight excluding hydrogens is 428 g/mol. The summed E-state index contributed by atoms with van der Waals surface area (Å²) < 4.78 is 12.7. The maximum absolute atomic E-state index is 13.4. The lowest BCUT2D eigenvalue weighted by molar-refractivity contribution is -0.763. The van der Waals surface area contributed by atoms with Crippen LogP contribution in [0.2, 0.25) is 0 Å². The molecule has 3 aromatic rings. The van der Waals surface area contributed by atoms with Gasteiger partial charge in [0.05, 0.1) is 31.0 Å². The number of nitrogens with zero attached hydrogens (tertiary/aromatic N) is 3. The molecule has 9 heteroatoms. The molecule has 0 aliphatic carbocycles. The zero-order valence-electron chi connectivity index (χ0n) is 18.4. The Balaban J connectivity index is 2.08. The molecular formula is C23H25N4O4S+. The molecule has 2 aromatic carbocycles. The van der Waals surface area contributed by atoms with E-state index in [4.69, 9.17) is 14.6 Å². The van der Waals surface area contributed by atoms with E-state index in [1.54, 1.807) is 29.9 Å². The number of thioether (sulfide) groups is 1. The molecule has 8 nitrogen and oxygen atoms in total. The van der Waals surface area contributed by atoms with E-state index in [0.29, 0.717) is 52.0 Å². The van der Waals surface area contributed by atoms with Crippen molar-refractivity contribution in [1.82, 2.24) is 10.1 Å². The van der Waals surface area contributed by atoms with Gasteiger partial charge in [0.15, 0.2) is 0 Å². The van der Waals surface area contributed by atoms with E-state index in [9.17, 15) is 9.59 Å². The molecule has 4 rings (SSSR count). The van der Waals surface area contributed by atoms with Crippen LogP contribution in [0.4, 0.5) is 5.69 Å². The smallest absolute Gasteiger partial charge is 0.325 e. The highest BCUT2D eigenvalue weighted by Gasteiger charge is 2.46. The van der Waals surface area contributed by atoms with Gasteiger partial charge >= 0.3 is 11.3 Å². The Morgan fingerprint density at radius 1 is 1.22 bits per heavy atom. The number of nitrogens with one attached hydrogen (secondary N) is 1. The minimum atomic E-state index is -0.701. The lowest BCUT2D eigenvalue weighted by Gasteiger charge is -2.32. The second kappa shape index (κ2) is 9.04. The fourth-order valence-electron chi connectivity index (χ4n) is 3.98. The number of rotatable bonds is 6. The van der Waals surface area contributed by atoms with Crippen LogP contribution in [-0.2, 0) is 4.79 Å². The van der Waals surface area contributed by atoms with Crippen molar-refractivity contribution < 1.29 is 19.0 Å². The zero-order valence-corrected chi connectivity index (χ0v) is 19.2. The van der Waals surface area contributed by atoms with Gasteiger partial charge in [-0.1, -0.05) is 30.8 Å². The predicted molar refractivity (Wildman–Crippen MR) is 122 cm³/mol. The Hall–Kier alpha value is -3.33. The molecule has 0 fully saturated rings. The minimum absolute atomic E-state index is 0.0613.